The van der Waals surface area contributed by atoms with Crippen molar-refractivity contribution in [1.82, 2.24) is 25.1 Å². The van der Waals surface area contributed by atoms with Crippen LogP contribution in [0.1, 0.15) is 28.8 Å². The number of likely N-dealkylation sites (tertiary alicyclic amines) is 1. The summed E-state index contributed by atoms with van der Waals surface area (Å²) in [5.41, 5.74) is 10.4. The van der Waals surface area contributed by atoms with Gasteiger partial charge in [-0.15, -0.1) is 5.10 Å². The number of nitrogens with zero attached hydrogens (tertiary/aromatic N) is 4. The van der Waals surface area contributed by atoms with Gasteiger partial charge in [0.2, 0.25) is 11.9 Å². The largest absolute Gasteiger partial charge is 0.350 e. The molecule has 2 amide bonds. The van der Waals surface area contributed by atoms with Crippen LogP contribution in [-0.4, -0.2) is 63.8 Å². The number of nitrogens with two attached hydrogens (primary N) is 1. The van der Waals surface area contributed by atoms with Crippen LogP contribution in [0.15, 0.2) is 48.7 Å². The van der Waals surface area contributed by atoms with Gasteiger partial charge in [-0.3, -0.25) is 14.6 Å². The Morgan fingerprint density at radius 2 is 2.03 bits per heavy atom. The smallest absolute Gasteiger partial charge is 0.252 e. The summed E-state index contributed by atoms with van der Waals surface area (Å²) in [5, 5.41) is 6.64. The van der Waals surface area contributed by atoms with E-state index in [-0.39, 0.29) is 30.2 Å². The topological polar surface area (TPSA) is 118 Å². The molecule has 1 aromatic carbocycles. The minimum absolute atomic E-state index is 0.0489. The number of hydrogen-bond donors (Lipinski definition) is 3. The zero-order valence-corrected chi connectivity index (χ0v) is 19.1. The van der Waals surface area contributed by atoms with Gasteiger partial charge in [-0.05, 0) is 49.1 Å². The predicted molar refractivity (Wildman–Crippen MR) is 126 cm³/mol. The predicted octanol–water partition coefficient (Wildman–Crippen LogP) is 1.69. The Bertz CT molecular complexity index is 1180. The molecular formula is C24H27F2N7O2. The number of hydrogen-bond acceptors (Lipinski definition) is 6. The van der Waals surface area contributed by atoms with Crippen LogP contribution in [0.4, 0.5) is 8.78 Å². The van der Waals surface area contributed by atoms with E-state index in [9.17, 15) is 18.4 Å². The summed E-state index contributed by atoms with van der Waals surface area (Å²) in [6.07, 6.45) is 3.61. The molecule has 1 saturated heterocycles. The molecule has 184 valence electrons. The van der Waals surface area contributed by atoms with Gasteiger partial charge in [-0.25, -0.2) is 4.39 Å². The van der Waals surface area contributed by atoms with E-state index in [0.29, 0.717) is 43.0 Å². The number of carbonyl (C=O) groups excluding carboxylic acids is 2. The zero-order valence-electron chi connectivity index (χ0n) is 19.1. The molecule has 0 aliphatic carbocycles. The van der Waals surface area contributed by atoms with Crippen LogP contribution in [0.25, 0.3) is 11.4 Å². The van der Waals surface area contributed by atoms with E-state index in [2.05, 4.69) is 20.8 Å². The van der Waals surface area contributed by atoms with Crippen molar-refractivity contribution in [3.63, 3.8) is 0 Å². The molecule has 2 aromatic heterocycles. The highest BCUT2D eigenvalue weighted by molar-refractivity contribution is 5.94. The van der Waals surface area contributed by atoms with E-state index in [1.165, 1.54) is 29.2 Å². The lowest BCUT2D eigenvalue weighted by atomic mass is 10.1. The third kappa shape index (κ3) is 5.99. The molecule has 4 rings (SSSR count). The van der Waals surface area contributed by atoms with Crippen molar-refractivity contribution in [2.75, 3.05) is 31.6 Å². The summed E-state index contributed by atoms with van der Waals surface area (Å²) in [6.45, 7) is 1.32. The number of amides is 2. The van der Waals surface area contributed by atoms with E-state index < -0.39 is 5.95 Å². The van der Waals surface area contributed by atoms with Crippen molar-refractivity contribution < 1.29 is 18.4 Å². The number of nitrogens with one attached hydrogen (secondary N) is 2. The highest BCUT2D eigenvalue weighted by Crippen LogP contribution is 2.19. The summed E-state index contributed by atoms with van der Waals surface area (Å²) in [6, 6.07) is 10.6. The Morgan fingerprint density at radius 1 is 1.17 bits per heavy atom. The quantitative estimate of drug-likeness (QED) is 0.426. The highest BCUT2D eigenvalue weighted by Gasteiger charge is 2.28. The third-order valence-corrected chi connectivity index (χ3v) is 5.90. The van der Waals surface area contributed by atoms with E-state index in [4.69, 9.17) is 5.73 Å². The molecule has 3 aromatic rings. The van der Waals surface area contributed by atoms with Crippen molar-refractivity contribution in [3.8, 4) is 11.4 Å². The molecule has 0 bridgehead atoms. The number of halogens is 2. The highest BCUT2D eigenvalue weighted by atomic mass is 19.1. The van der Waals surface area contributed by atoms with Gasteiger partial charge in [-0.2, -0.15) is 9.18 Å². The number of aromatic nitrogens is 3. The molecule has 1 fully saturated rings. The Morgan fingerprint density at radius 3 is 2.77 bits per heavy atom. The fourth-order valence-electron chi connectivity index (χ4n) is 4.14. The van der Waals surface area contributed by atoms with Crippen molar-refractivity contribution in [2.24, 2.45) is 5.73 Å². The van der Waals surface area contributed by atoms with Gasteiger partial charge in [-0.1, -0.05) is 12.1 Å². The number of carbonyl (C=O) groups is 2. The van der Waals surface area contributed by atoms with Gasteiger partial charge < -0.3 is 21.4 Å². The Labute approximate surface area is 201 Å². The average molecular weight is 484 g/mol. The standard InChI is InChI=1S/C24H27F2N7O2/c25-18-4-1-3-16(11-18)8-9-30-33-21(12-22(26)31-33)20-7-6-17(14-28-20)24(35)29-15-19-5-2-10-32(19)23(34)13-27/h1,3-4,6-7,11-12,14,19,30H,2,5,8-10,13,15,27H2,(H,29,35)/t19-/m1/s1. The zero-order chi connectivity index (χ0) is 24.8. The molecule has 0 spiro atoms. The number of benzene rings is 1. The Balaban J connectivity index is 1.36. The monoisotopic (exact) mass is 483 g/mol. The molecule has 4 N–H and O–H groups in total. The summed E-state index contributed by atoms with van der Waals surface area (Å²) in [4.78, 5) is 31.8. The van der Waals surface area contributed by atoms with E-state index in [1.54, 1.807) is 29.2 Å². The van der Waals surface area contributed by atoms with Gasteiger partial charge >= 0.3 is 0 Å². The molecule has 0 unspecified atom stereocenters. The maximum atomic E-state index is 13.9. The number of rotatable bonds is 9. The molecule has 1 aliphatic heterocycles. The third-order valence-electron chi connectivity index (χ3n) is 5.90. The summed E-state index contributed by atoms with van der Waals surface area (Å²) in [5.74, 6) is -1.44. The Hall–Kier alpha value is -3.86. The van der Waals surface area contributed by atoms with Crippen LogP contribution in [-0.2, 0) is 11.2 Å². The summed E-state index contributed by atoms with van der Waals surface area (Å²) < 4.78 is 27.2. The molecule has 35 heavy (non-hydrogen) atoms. The normalized spacial score (nSPS) is 15.3. The maximum absolute atomic E-state index is 13.9. The van der Waals surface area contributed by atoms with Crippen LogP contribution in [0.3, 0.4) is 0 Å². The van der Waals surface area contributed by atoms with Gasteiger partial charge in [0, 0.05) is 37.9 Å². The molecular weight excluding hydrogens is 456 g/mol. The summed E-state index contributed by atoms with van der Waals surface area (Å²) >= 11 is 0. The molecule has 9 nitrogen and oxygen atoms in total. The lowest BCUT2D eigenvalue weighted by molar-refractivity contribution is -0.130. The van der Waals surface area contributed by atoms with Crippen molar-refractivity contribution in [1.29, 1.82) is 0 Å². The van der Waals surface area contributed by atoms with Crippen molar-refractivity contribution in [2.45, 2.75) is 25.3 Å². The van der Waals surface area contributed by atoms with Crippen LogP contribution >= 0.6 is 0 Å². The second-order valence-electron chi connectivity index (χ2n) is 8.28. The minimum Gasteiger partial charge on any atom is -0.350 e. The van der Waals surface area contributed by atoms with E-state index in [1.807, 2.05) is 0 Å². The van der Waals surface area contributed by atoms with Gasteiger partial charge in [0.1, 0.15) is 11.5 Å². The SMILES string of the molecule is NCC(=O)N1CCC[C@@H]1CNC(=O)c1ccc(-c2cc(F)nn2NCCc2cccc(F)c2)nc1. The number of pyridine rings is 1. The molecule has 1 aliphatic rings. The fourth-order valence-corrected chi connectivity index (χ4v) is 4.14. The first kappa shape index (κ1) is 24.3. The molecule has 0 saturated carbocycles. The van der Waals surface area contributed by atoms with Gasteiger partial charge in [0.05, 0.1) is 17.8 Å². The fraction of sp³-hybridized carbons (Fsp3) is 0.333. The van der Waals surface area contributed by atoms with Gasteiger partial charge in [0.25, 0.3) is 5.91 Å². The van der Waals surface area contributed by atoms with Crippen LogP contribution in [0, 0.1) is 11.8 Å². The first-order chi connectivity index (χ1) is 16.9. The van der Waals surface area contributed by atoms with E-state index in [0.717, 1.165) is 18.4 Å². The molecule has 11 heteroatoms. The van der Waals surface area contributed by atoms with E-state index >= 15 is 0 Å². The van der Waals surface area contributed by atoms with Crippen molar-refractivity contribution >= 4 is 11.8 Å². The second-order valence-corrected chi connectivity index (χ2v) is 8.28. The van der Waals surface area contributed by atoms with Crippen LogP contribution in [0.5, 0.6) is 0 Å². The average Bonchev–Trinajstić information content (AvgIpc) is 3.48. The van der Waals surface area contributed by atoms with Crippen LogP contribution < -0.4 is 16.5 Å². The second kappa shape index (κ2) is 11.0. The molecule has 0 radical (unpaired) electrons. The van der Waals surface area contributed by atoms with Crippen LogP contribution in [0.2, 0.25) is 0 Å². The summed E-state index contributed by atoms with van der Waals surface area (Å²) in [7, 11) is 0. The minimum atomic E-state index is -0.685. The lowest BCUT2D eigenvalue weighted by Crippen LogP contribution is -2.45. The molecule has 3 heterocycles. The first-order valence-corrected chi connectivity index (χ1v) is 11.4. The lowest BCUT2D eigenvalue weighted by Gasteiger charge is -2.24. The maximum Gasteiger partial charge on any atom is 0.252 e. The molecule has 1 atom stereocenters. The first-order valence-electron chi connectivity index (χ1n) is 11.4. The Kier molecular flexibility index (Phi) is 7.66. The van der Waals surface area contributed by atoms with Crippen molar-refractivity contribution in [3.05, 3.63) is 71.6 Å². The van der Waals surface area contributed by atoms with Gasteiger partial charge in [0.15, 0.2) is 0 Å².